The van der Waals surface area contributed by atoms with Crippen LogP contribution in [0, 0.1) is 0 Å². The van der Waals surface area contributed by atoms with Crippen LogP contribution in [0.4, 0.5) is 0 Å². The zero-order valence-corrected chi connectivity index (χ0v) is 21.8. The summed E-state index contributed by atoms with van der Waals surface area (Å²) in [5, 5.41) is 22.0. The summed E-state index contributed by atoms with van der Waals surface area (Å²) in [5.41, 5.74) is 1.11. The van der Waals surface area contributed by atoms with E-state index in [1.54, 1.807) is 30.3 Å². The first-order valence-electron chi connectivity index (χ1n) is 12.1. The minimum absolute atomic E-state index is 0.0290. The van der Waals surface area contributed by atoms with E-state index in [1.165, 1.54) is 23.1 Å². The molecule has 1 aliphatic heterocycles. The molecule has 8 heteroatoms. The summed E-state index contributed by atoms with van der Waals surface area (Å²) in [7, 11) is 0. The minimum Gasteiger partial charge on any atom is -0.508 e. The van der Waals surface area contributed by atoms with Crippen molar-refractivity contribution in [1.29, 1.82) is 0 Å². The van der Waals surface area contributed by atoms with Crippen LogP contribution in [0.3, 0.4) is 0 Å². The topological polar surface area (TPSA) is 100 Å². The van der Waals surface area contributed by atoms with Crippen molar-refractivity contribution >= 4 is 34.3 Å². The van der Waals surface area contributed by atoms with Crippen LogP contribution in [0.5, 0.6) is 11.5 Å². The number of carbonyl (C=O) groups is 2. The van der Waals surface area contributed by atoms with Gasteiger partial charge >= 0.3 is 0 Å². The minimum atomic E-state index is -0.935. The van der Waals surface area contributed by atoms with Crippen LogP contribution in [-0.4, -0.2) is 32.4 Å². The number of hydrogen-bond acceptors (Lipinski definition) is 6. The van der Waals surface area contributed by atoms with E-state index < -0.39 is 29.1 Å². The first-order valence-corrected chi connectivity index (χ1v) is 12.4. The molecular weight excluding hydrogens is 506 g/mol. The van der Waals surface area contributed by atoms with E-state index in [-0.39, 0.29) is 23.6 Å². The first kappa shape index (κ1) is 25.4. The first-order chi connectivity index (χ1) is 18.0. The third-order valence-corrected chi connectivity index (χ3v) is 6.42. The van der Waals surface area contributed by atoms with Gasteiger partial charge in [0.15, 0.2) is 11.5 Å². The largest absolute Gasteiger partial charge is 0.508 e. The molecule has 7 nitrogen and oxygen atoms in total. The van der Waals surface area contributed by atoms with Crippen LogP contribution in [-0.2, 0) is 11.3 Å². The molecule has 0 saturated carbocycles. The summed E-state index contributed by atoms with van der Waals surface area (Å²) in [6.45, 7) is 5.84. The Morgan fingerprint density at radius 2 is 1.74 bits per heavy atom. The number of aliphatic hydroxyl groups excluding tert-OH is 1. The predicted molar refractivity (Wildman–Crippen MR) is 143 cm³/mol. The molecule has 2 heterocycles. The SMILES string of the molecule is CC(C)(C)Oc1ccccc1CN1C(=O)C(O)=C(C(=O)c2cc3cc(Cl)ccc3o2)C1c1ccc(O)cc1. The number of amides is 1. The van der Waals surface area contributed by atoms with Crippen molar-refractivity contribution < 1.29 is 29.0 Å². The van der Waals surface area contributed by atoms with Gasteiger partial charge in [0.2, 0.25) is 5.78 Å². The second-order valence-electron chi connectivity index (χ2n) is 10.1. The highest BCUT2D eigenvalue weighted by atomic mass is 35.5. The molecular formula is C30H26ClNO6. The van der Waals surface area contributed by atoms with Crippen molar-refractivity contribution in [1.82, 2.24) is 4.90 Å². The lowest BCUT2D eigenvalue weighted by Crippen LogP contribution is -2.31. The number of phenolic OH excluding ortho intramolecular Hbond substituents is 1. The zero-order valence-electron chi connectivity index (χ0n) is 21.1. The highest BCUT2D eigenvalue weighted by Gasteiger charge is 2.45. The number of aliphatic hydroxyl groups is 1. The number of hydrogen-bond donors (Lipinski definition) is 2. The molecule has 1 unspecified atom stereocenters. The number of Topliss-reactive ketones (excluding diaryl/α,β-unsaturated/α-hetero) is 1. The highest BCUT2D eigenvalue weighted by Crippen LogP contribution is 2.42. The zero-order chi connectivity index (χ0) is 27.2. The summed E-state index contributed by atoms with van der Waals surface area (Å²) in [4.78, 5) is 28.6. The molecule has 194 valence electrons. The summed E-state index contributed by atoms with van der Waals surface area (Å²) >= 11 is 6.08. The Kier molecular flexibility index (Phi) is 6.41. The molecule has 0 aliphatic carbocycles. The van der Waals surface area contributed by atoms with Gasteiger partial charge in [0.05, 0.1) is 18.2 Å². The average molecular weight is 532 g/mol. The molecule has 1 atom stereocenters. The lowest BCUT2D eigenvalue weighted by atomic mass is 9.94. The standard InChI is InChI=1S/C30H26ClNO6/c1-30(2,3)38-23-7-5-4-6-18(23)16-32-26(17-8-11-21(33)12-9-17)25(28(35)29(32)36)27(34)24-15-19-14-20(31)10-13-22(19)37-24/h4-15,26,33,35H,16H2,1-3H3. The third-order valence-electron chi connectivity index (χ3n) is 6.19. The van der Waals surface area contributed by atoms with Crippen molar-refractivity contribution in [2.24, 2.45) is 0 Å². The molecule has 38 heavy (non-hydrogen) atoms. The van der Waals surface area contributed by atoms with Gasteiger partial charge in [-0.2, -0.15) is 0 Å². The lowest BCUT2D eigenvalue weighted by Gasteiger charge is -2.29. The normalized spacial score (nSPS) is 15.9. The molecule has 5 rings (SSSR count). The Balaban J connectivity index is 1.58. The number of phenols is 1. The van der Waals surface area contributed by atoms with Crippen LogP contribution in [0.25, 0.3) is 11.0 Å². The van der Waals surface area contributed by atoms with Gasteiger partial charge in [0.1, 0.15) is 22.7 Å². The molecule has 0 spiro atoms. The van der Waals surface area contributed by atoms with E-state index in [0.717, 1.165) is 0 Å². The lowest BCUT2D eigenvalue weighted by molar-refractivity contribution is -0.130. The average Bonchev–Trinajstić information content (AvgIpc) is 3.38. The van der Waals surface area contributed by atoms with Crippen molar-refractivity contribution in [2.75, 3.05) is 0 Å². The van der Waals surface area contributed by atoms with Gasteiger partial charge in [-0.05, 0) is 68.8 Å². The molecule has 0 bridgehead atoms. The molecule has 0 saturated heterocycles. The fraction of sp³-hybridized carbons (Fsp3) is 0.200. The summed E-state index contributed by atoms with van der Waals surface area (Å²) in [6, 6.07) is 19.1. The van der Waals surface area contributed by atoms with E-state index in [1.807, 2.05) is 45.0 Å². The van der Waals surface area contributed by atoms with Crippen LogP contribution in [0.15, 0.2) is 88.5 Å². The Morgan fingerprint density at radius 3 is 2.45 bits per heavy atom. The smallest absolute Gasteiger partial charge is 0.290 e. The van der Waals surface area contributed by atoms with Gasteiger partial charge in [-0.15, -0.1) is 0 Å². The van der Waals surface area contributed by atoms with Crippen LogP contribution < -0.4 is 4.74 Å². The highest BCUT2D eigenvalue weighted by molar-refractivity contribution is 6.31. The van der Waals surface area contributed by atoms with Crippen LogP contribution >= 0.6 is 11.6 Å². The number of rotatable bonds is 6. The number of nitrogens with zero attached hydrogens (tertiary/aromatic N) is 1. The maximum Gasteiger partial charge on any atom is 0.290 e. The van der Waals surface area contributed by atoms with Gasteiger partial charge in [0.25, 0.3) is 5.91 Å². The van der Waals surface area contributed by atoms with E-state index in [0.29, 0.717) is 32.9 Å². The van der Waals surface area contributed by atoms with Crippen LogP contribution in [0.1, 0.15) is 48.5 Å². The predicted octanol–water partition coefficient (Wildman–Crippen LogP) is 6.75. The molecule has 2 N–H and O–H groups in total. The van der Waals surface area contributed by atoms with E-state index in [2.05, 4.69) is 0 Å². The summed E-state index contributed by atoms with van der Waals surface area (Å²) in [6.07, 6.45) is 0. The number of halogens is 1. The molecule has 0 radical (unpaired) electrons. The number of ether oxygens (including phenoxy) is 1. The molecule has 0 fully saturated rings. The van der Waals surface area contributed by atoms with Crippen molar-refractivity contribution in [3.05, 3.63) is 106 Å². The van der Waals surface area contributed by atoms with Gasteiger partial charge in [-0.25, -0.2) is 0 Å². The molecule has 3 aromatic carbocycles. The third kappa shape index (κ3) is 4.85. The van der Waals surface area contributed by atoms with Crippen molar-refractivity contribution in [3.63, 3.8) is 0 Å². The Bertz CT molecular complexity index is 1580. The number of para-hydroxylation sites is 1. The van der Waals surface area contributed by atoms with E-state index in [4.69, 9.17) is 20.8 Å². The van der Waals surface area contributed by atoms with Crippen molar-refractivity contribution in [3.8, 4) is 11.5 Å². The van der Waals surface area contributed by atoms with Gasteiger partial charge < -0.3 is 24.3 Å². The fourth-order valence-corrected chi connectivity index (χ4v) is 4.74. The van der Waals surface area contributed by atoms with Gasteiger partial charge in [-0.3, -0.25) is 9.59 Å². The molecule has 1 aromatic heterocycles. The number of benzene rings is 3. The number of carbonyl (C=O) groups excluding carboxylic acids is 2. The Hall–Kier alpha value is -4.23. The number of furan rings is 1. The van der Waals surface area contributed by atoms with Gasteiger partial charge in [-0.1, -0.05) is 41.9 Å². The summed E-state index contributed by atoms with van der Waals surface area (Å²) < 4.78 is 11.9. The van der Waals surface area contributed by atoms with E-state index in [9.17, 15) is 19.8 Å². The Labute approximate surface area is 224 Å². The van der Waals surface area contributed by atoms with E-state index >= 15 is 0 Å². The number of ketones is 1. The number of aromatic hydroxyl groups is 1. The monoisotopic (exact) mass is 531 g/mol. The fourth-order valence-electron chi connectivity index (χ4n) is 4.56. The Morgan fingerprint density at radius 1 is 1.03 bits per heavy atom. The molecule has 1 amide bonds. The maximum absolute atomic E-state index is 13.8. The maximum atomic E-state index is 13.8. The molecule has 1 aliphatic rings. The van der Waals surface area contributed by atoms with Crippen molar-refractivity contribution in [2.45, 2.75) is 39.0 Å². The summed E-state index contributed by atoms with van der Waals surface area (Å²) in [5.74, 6) is -1.38. The second-order valence-corrected chi connectivity index (χ2v) is 10.6. The van der Waals surface area contributed by atoms with Crippen LogP contribution in [0.2, 0.25) is 5.02 Å². The molecule has 4 aromatic rings. The quantitative estimate of drug-likeness (QED) is 0.267. The van der Waals surface area contributed by atoms with Gasteiger partial charge in [0, 0.05) is 16.0 Å². The second kappa shape index (κ2) is 9.58. The number of fused-ring (bicyclic) bond motifs is 1.